The molecule has 2 heterocycles. The van der Waals surface area contributed by atoms with Gasteiger partial charge < -0.3 is 10.1 Å². The van der Waals surface area contributed by atoms with Gasteiger partial charge in [-0.2, -0.15) is 4.57 Å². The molecule has 2 aromatic carbocycles. The second kappa shape index (κ2) is 8.12. The maximum absolute atomic E-state index is 12.6. The van der Waals surface area contributed by atoms with E-state index in [0.717, 1.165) is 11.1 Å². The smallest absolute Gasteiger partial charge is 0.269 e. The summed E-state index contributed by atoms with van der Waals surface area (Å²) in [5.41, 5.74) is 3.05. The monoisotopic (exact) mass is 404 g/mol. The summed E-state index contributed by atoms with van der Waals surface area (Å²) in [6, 6.07) is 15.3. The molecule has 3 aromatic rings. The number of carbonyl (C=O) groups excluding carboxylic acids is 2. The van der Waals surface area contributed by atoms with Crippen molar-refractivity contribution < 1.29 is 23.8 Å². The second-order valence-electron chi connectivity index (χ2n) is 6.95. The fourth-order valence-corrected chi connectivity index (χ4v) is 3.20. The van der Waals surface area contributed by atoms with Gasteiger partial charge in [-0.05, 0) is 35.7 Å². The summed E-state index contributed by atoms with van der Waals surface area (Å²) in [6.45, 7) is 0.133. The third-order valence-corrected chi connectivity index (χ3v) is 4.78. The molecule has 0 aliphatic carbocycles. The summed E-state index contributed by atoms with van der Waals surface area (Å²) in [4.78, 5) is 34.4. The van der Waals surface area contributed by atoms with E-state index < -0.39 is 4.92 Å². The number of anilines is 1. The zero-order valence-electron chi connectivity index (χ0n) is 15.9. The highest BCUT2D eigenvalue weighted by Crippen LogP contribution is 2.28. The van der Waals surface area contributed by atoms with E-state index in [1.165, 1.54) is 12.1 Å². The number of rotatable bonds is 6. The molecule has 0 spiro atoms. The van der Waals surface area contributed by atoms with Gasteiger partial charge in [-0.3, -0.25) is 19.7 Å². The first kappa shape index (κ1) is 19.3. The van der Waals surface area contributed by atoms with E-state index in [0.29, 0.717) is 23.4 Å². The van der Waals surface area contributed by atoms with Gasteiger partial charge in [-0.1, -0.05) is 12.1 Å². The number of aromatic nitrogens is 1. The number of ether oxygens (including phenoxy) is 1. The van der Waals surface area contributed by atoms with Gasteiger partial charge in [0.05, 0.1) is 10.6 Å². The number of nitro groups is 1. The first-order valence-corrected chi connectivity index (χ1v) is 9.29. The molecule has 1 aromatic heterocycles. The minimum atomic E-state index is -0.421. The molecule has 1 N–H and O–H groups in total. The van der Waals surface area contributed by atoms with Crippen molar-refractivity contribution in [1.82, 2.24) is 0 Å². The molecule has 0 fully saturated rings. The van der Waals surface area contributed by atoms with Crippen molar-refractivity contribution in [3.05, 3.63) is 93.8 Å². The molecule has 0 unspecified atom stereocenters. The van der Waals surface area contributed by atoms with E-state index in [4.69, 9.17) is 4.74 Å². The van der Waals surface area contributed by atoms with Crippen LogP contribution in [0.1, 0.15) is 21.5 Å². The molecular weight excluding hydrogens is 386 g/mol. The normalized spacial score (nSPS) is 12.5. The number of hydrogen-bond donors (Lipinski definition) is 1. The number of Topliss-reactive ketones (excluding diaryl/α,β-unsaturated/α-hetero) is 1. The summed E-state index contributed by atoms with van der Waals surface area (Å²) in [7, 11) is 0. The maximum Gasteiger partial charge on any atom is 0.269 e. The van der Waals surface area contributed by atoms with E-state index in [9.17, 15) is 19.7 Å². The molecule has 8 heteroatoms. The van der Waals surface area contributed by atoms with Crippen LogP contribution in [0.3, 0.4) is 0 Å². The molecule has 0 saturated carbocycles. The van der Waals surface area contributed by atoms with E-state index in [1.54, 1.807) is 34.9 Å². The number of benzene rings is 2. The number of amides is 1. The van der Waals surface area contributed by atoms with Gasteiger partial charge in [-0.15, -0.1) is 0 Å². The number of ketones is 1. The SMILES string of the molecule is O=C1COc2ccc(C(=O)C[n+]3ccc(Cc4ccc([N+](=O)[O-])cc4)cc3)cc2N1. The van der Waals surface area contributed by atoms with Gasteiger partial charge in [0, 0.05) is 29.8 Å². The zero-order valence-corrected chi connectivity index (χ0v) is 15.9. The van der Waals surface area contributed by atoms with Gasteiger partial charge >= 0.3 is 0 Å². The van der Waals surface area contributed by atoms with Gasteiger partial charge in [0.25, 0.3) is 11.6 Å². The van der Waals surface area contributed by atoms with Crippen LogP contribution in [-0.2, 0) is 17.8 Å². The lowest BCUT2D eigenvalue weighted by molar-refractivity contribution is -0.683. The lowest BCUT2D eigenvalue weighted by Gasteiger charge is -2.18. The highest BCUT2D eigenvalue weighted by atomic mass is 16.6. The standard InChI is InChI=1S/C22H17N3O5/c26-20(17-3-6-21-19(12-17)23-22(27)14-30-21)13-24-9-7-16(8-10-24)11-15-1-4-18(5-2-15)25(28)29/h1-10,12H,11,13-14H2/p+1. The number of pyridine rings is 1. The molecule has 1 aliphatic heterocycles. The van der Waals surface area contributed by atoms with Crippen molar-refractivity contribution in [2.75, 3.05) is 11.9 Å². The summed E-state index contributed by atoms with van der Waals surface area (Å²) in [6.07, 6.45) is 4.28. The lowest BCUT2D eigenvalue weighted by atomic mass is 10.1. The number of fused-ring (bicyclic) bond motifs is 1. The molecule has 30 heavy (non-hydrogen) atoms. The molecule has 0 atom stereocenters. The molecular formula is C22H18N3O5+. The molecule has 0 bridgehead atoms. The highest BCUT2D eigenvalue weighted by molar-refractivity contribution is 6.00. The Labute approximate surface area is 171 Å². The first-order valence-electron chi connectivity index (χ1n) is 9.29. The molecule has 0 saturated heterocycles. The number of carbonyl (C=O) groups is 2. The van der Waals surface area contributed by atoms with Crippen LogP contribution in [0.2, 0.25) is 0 Å². The van der Waals surface area contributed by atoms with Crippen molar-refractivity contribution in [3.8, 4) is 5.75 Å². The number of non-ortho nitro benzene ring substituents is 1. The first-order chi connectivity index (χ1) is 14.5. The molecule has 1 amide bonds. The van der Waals surface area contributed by atoms with Gasteiger partial charge in [0.2, 0.25) is 12.3 Å². The summed E-state index contributed by atoms with van der Waals surface area (Å²) < 4.78 is 7.08. The molecule has 150 valence electrons. The van der Waals surface area contributed by atoms with Crippen molar-refractivity contribution in [3.63, 3.8) is 0 Å². The Balaban J connectivity index is 1.41. The lowest BCUT2D eigenvalue weighted by Crippen LogP contribution is -2.37. The summed E-state index contributed by atoms with van der Waals surface area (Å²) in [5.74, 6) is 0.213. The number of hydrogen-bond acceptors (Lipinski definition) is 5. The van der Waals surface area contributed by atoms with Crippen LogP contribution >= 0.6 is 0 Å². The van der Waals surface area contributed by atoms with Gasteiger partial charge in [0.15, 0.2) is 19.0 Å². The highest BCUT2D eigenvalue weighted by Gasteiger charge is 2.19. The van der Waals surface area contributed by atoms with Crippen molar-refractivity contribution >= 4 is 23.1 Å². The summed E-state index contributed by atoms with van der Waals surface area (Å²) in [5, 5.41) is 13.4. The number of nitrogens with zero attached hydrogens (tertiary/aromatic N) is 2. The Kier molecular flexibility index (Phi) is 5.21. The van der Waals surface area contributed by atoms with Crippen LogP contribution in [-0.4, -0.2) is 23.2 Å². The van der Waals surface area contributed by atoms with E-state index in [2.05, 4.69) is 5.32 Å². The number of nitrogens with one attached hydrogen (secondary N) is 1. The maximum atomic E-state index is 12.6. The molecule has 8 nitrogen and oxygen atoms in total. The third kappa shape index (κ3) is 4.33. The average Bonchev–Trinajstić information content (AvgIpc) is 2.75. The van der Waals surface area contributed by atoms with Crippen LogP contribution in [0, 0.1) is 10.1 Å². The van der Waals surface area contributed by atoms with Gasteiger partial charge in [-0.25, -0.2) is 0 Å². The fourth-order valence-electron chi connectivity index (χ4n) is 3.20. The zero-order chi connectivity index (χ0) is 21.1. The Morgan fingerprint density at radius 3 is 2.47 bits per heavy atom. The Bertz CT molecular complexity index is 1120. The topological polar surface area (TPSA) is 102 Å². The average molecular weight is 404 g/mol. The quantitative estimate of drug-likeness (QED) is 0.295. The van der Waals surface area contributed by atoms with Crippen LogP contribution < -0.4 is 14.6 Å². The predicted molar refractivity (Wildman–Crippen MR) is 107 cm³/mol. The van der Waals surface area contributed by atoms with Gasteiger partial charge in [0.1, 0.15) is 5.75 Å². The van der Waals surface area contributed by atoms with E-state index in [-0.39, 0.29) is 30.5 Å². The summed E-state index contributed by atoms with van der Waals surface area (Å²) >= 11 is 0. The van der Waals surface area contributed by atoms with E-state index in [1.807, 2.05) is 24.5 Å². The second-order valence-corrected chi connectivity index (χ2v) is 6.95. The predicted octanol–water partition coefficient (Wildman–Crippen LogP) is 2.69. The Hall–Kier alpha value is -4.07. The molecule has 4 rings (SSSR count). The van der Waals surface area contributed by atoms with Crippen molar-refractivity contribution in [2.45, 2.75) is 13.0 Å². The van der Waals surface area contributed by atoms with Crippen LogP contribution in [0.4, 0.5) is 11.4 Å². The fraction of sp³-hybridized carbons (Fsp3) is 0.136. The van der Waals surface area contributed by atoms with Crippen molar-refractivity contribution in [1.29, 1.82) is 0 Å². The largest absolute Gasteiger partial charge is 0.482 e. The Morgan fingerprint density at radius 1 is 1.07 bits per heavy atom. The molecule has 0 radical (unpaired) electrons. The Morgan fingerprint density at radius 2 is 1.77 bits per heavy atom. The van der Waals surface area contributed by atoms with E-state index >= 15 is 0 Å². The van der Waals surface area contributed by atoms with Crippen LogP contribution in [0.25, 0.3) is 0 Å². The van der Waals surface area contributed by atoms with Crippen LogP contribution in [0.15, 0.2) is 67.0 Å². The third-order valence-electron chi connectivity index (χ3n) is 4.78. The minimum Gasteiger partial charge on any atom is -0.482 e. The van der Waals surface area contributed by atoms with Crippen molar-refractivity contribution in [2.24, 2.45) is 0 Å². The minimum absolute atomic E-state index is 0.0254. The van der Waals surface area contributed by atoms with Crippen LogP contribution in [0.5, 0.6) is 5.75 Å². The molecule has 1 aliphatic rings. The number of nitro benzene ring substituents is 1.